The van der Waals surface area contributed by atoms with Crippen LogP contribution in [0.15, 0.2) is 24.3 Å². The van der Waals surface area contributed by atoms with Gasteiger partial charge in [-0.3, -0.25) is 4.79 Å². The number of sulfonamides is 1. The molecule has 1 aromatic carbocycles. The van der Waals surface area contributed by atoms with Crippen molar-refractivity contribution >= 4 is 27.5 Å². The van der Waals surface area contributed by atoms with Crippen LogP contribution in [0.5, 0.6) is 5.75 Å². The summed E-state index contributed by atoms with van der Waals surface area (Å²) in [5.74, 6) is -0.142. The summed E-state index contributed by atoms with van der Waals surface area (Å²) in [6.07, 6.45) is 0. The molecule has 0 saturated carbocycles. The fourth-order valence-electron chi connectivity index (χ4n) is 2.27. The molecular formula is C15H21ClN2O5S. The van der Waals surface area contributed by atoms with Gasteiger partial charge in [0, 0.05) is 25.0 Å². The minimum absolute atomic E-state index is 0.0665. The highest BCUT2D eigenvalue weighted by atomic mass is 35.5. The number of nitrogens with one attached hydrogen (secondary N) is 1. The fraction of sp³-hybridized carbons (Fsp3) is 0.533. The van der Waals surface area contributed by atoms with Gasteiger partial charge in [0.2, 0.25) is 10.0 Å². The molecule has 9 heteroatoms. The molecule has 1 N–H and O–H groups in total. The molecular weight excluding hydrogens is 356 g/mol. The number of halogens is 1. The summed E-state index contributed by atoms with van der Waals surface area (Å²) in [4.78, 5) is 12.0. The summed E-state index contributed by atoms with van der Waals surface area (Å²) >= 11 is 5.78. The van der Waals surface area contributed by atoms with Gasteiger partial charge in [0.15, 0.2) is 6.61 Å². The van der Waals surface area contributed by atoms with Gasteiger partial charge in [-0.25, -0.2) is 12.7 Å². The van der Waals surface area contributed by atoms with E-state index in [1.807, 2.05) is 0 Å². The summed E-state index contributed by atoms with van der Waals surface area (Å²) in [7, 11) is -0.382. The minimum Gasteiger partial charge on any atom is -0.484 e. The van der Waals surface area contributed by atoms with Gasteiger partial charge in [-0.1, -0.05) is 11.6 Å². The molecule has 24 heavy (non-hydrogen) atoms. The van der Waals surface area contributed by atoms with Gasteiger partial charge in [-0.15, -0.1) is 0 Å². The second kappa shape index (κ2) is 8.15. The molecule has 1 aromatic rings. The molecule has 1 amide bonds. The Morgan fingerprint density at radius 3 is 2.62 bits per heavy atom. The molecule has 0 aliphatic carbocycles. The summed E-state index contributed by atoms with van der Waals surface area (Å²) in [6.45, 7) is 0.432. The third-order valence-electron chi connectivity index (χ3n) is 3.71. The first kappa shape index (κ1) is 19.0. The SMILES string of the molecule is CN(C)S(=O)(=O)C[C@@H]1COC[C@@H]1NC(=O)COc1ccc(Cl)cc1. The Morgan fingerprint density at radius 2 is 2.00 bits per heavy atom. The number of ether oxygens (including phenoxy) is 2. The predicted octanol–water partition coefficient (Wildman–Crippen LogP) is 0.741. The number of carbonyl (C=O) groups is 1. The summed E-state index contributed by atoms with van der Waals surface area (Å²) in [6, 6.07) is 6.33. The highest BCUT2D eigenvalue weighted by Crippen LogP contribution is 2.18. The maximum absolute atomic E-state index is 12.0. The van der Waals surface area contributed by atoms with Gasteiger partial charge < -0.3 is 14.8 Å². The number of amides is 1. The van der Waals surface area contributed by atoms with Crippen LogP contribution in [0.25, 0.3) is 0 Å². The topological polar surface area (TPSA) is 84.9 Å². The van der Waals surface area contributed by atoms with E-state index in [1.54, 1.807) is 24.3 Å². The average molecular weight is 377 g/mol. The second-order valence-corrected chi connectivity index (χ2v) is 8.44. The van der Waals surface area contributed by atoms with E-state index in [0.717, 1.165) is 0 Å². The zero-order valence-electron chi connectivity index (χ0n) is 13.6. The molecule has 1 fully saturated rings. The van der Waals surface area contributed by atoms with Crippen LogP contribution in [0.1, 0.15) is 0 Å². The average Bonchev–Trinajstić information content (AvgIpc) is 2.93. The third-order valence-corrected chi connectivity index (χ3v) is 5.92. The van der Waals surface area contributed by atoms with Crippen LogP contribution in [0.4, 0.5) is 0 Å². The van der Waals surface area contributed by atoms with Crippen LogP contribution in [0, 0.1) is 5.92 Å². The normalized spacial score (nSPS) is 21.0. The number of carbonyl (C=O) groups excluding carboxylic acids is 1. The Bertz CT molecular complexity index is 663. The van der Waals surface area contributed by atoms with E-state index >= 15 is 0 Å². The van der Waals surface area contributed by atoms with E-state index in [9.17, 15) is 13.2 Å². The monoisotopic (exact) mass is 376 g/mol. The first-order chi connectivity index (χ1) is 11.3. The van der Waals surface area contributed by atoms with Gasteiger partial charge in [0.1, 0.15) is 5.75 Å². The lowest BCUT2D eigenvalue weighted by atomic mass is 10.1. The number of hydrogen-bond donors (Lipinski definition) is 1. The smallest absolute Gasteiger partial charge is 0.258 e. The molecule has 2 rings (SSSR count). The van der Waals surface area contributed by atoms with Crippen molar-refractivity contribution in [3.05, 3.63) is 29.3 Å². The second-order valence-electron chi connectivity index (χ2n) is 5.78. The maximum Gasteiger partial charge on any atom is 0.258 e. The molecule has 0 radical (unpaired) electrons. The van der Waals surface area contributed by atoms with Crippen molar-refractivity contribution in [3.63, 3.8) is 0 Å². The van der Waals surface area contributed by atoms with Crippen molar-refractivity contribution in [1.29, 1.82) is 0 Å². The lowest BCUT2D eigenvalue weighted by molar-refractivity contribution is -0.124. The largest absolute Gasteiger partial charge is 0.484 e. The van der Waals surface area contributed by atoms with Crippen molar-refractivity contribution in [3.8, 4) is 5.75 Å². The molecule has 7 nitrogen and oxygen atoms in total. The van der Waals surface area contributed by atoms with E-state index in [0.29, 0.717) is 24.0 Å². The molecule has 1 aliphatic heterocycles. The molecule has 1 heterocycles. The van der Waals surface area contributed by atoms with E-state index in [4.69, 9.17) is 21.1 Å². The van der Waals surface area contributed by atoms with E-state index in [1.165, 1.54) is 18.4 Å². The molecule has 0 unspecified atom stereocenters. The first-order valence-corrected chi connectivity index (χ1v) is 9.42. The summed E-state index contributed by atoms with van der Waals surface area (Å²) in [5, 5.41) is 3.36. The highest BCUT2D eigenvalue weighted by molar-refractivity contribution is 7.89. The Hall–Kier alpha value is -1.35. The Balaban J connectivity index is 1.85. The van der Waals surface area contributed by atoms with Crippen LogP contribution in [0.2, 0.25) is 5.02 Å². The van der Waals surface area contributed by atoms with Crippen molar-refractivity contribution < 1.29 is 22.7 Å². The van der Waals surface area contributed by atoms with E-state index in [2.05, 4.69) is 5.32 Å². The Labute approximate surface area is 146 Å². The fourth-order valence-corrected chi connectivity index (χ4v) is 3.56. The van der Waals surface area contributed by atoms with Crippen LogP contribution in [0.3, 0.4) is 0 Å². The molecule has 2 atom stereocenters. The number of nitrogens with zero attached hydrogens (tertiary/aromatic N) is 1. The molecule has 0 bridgehead atoms. The number of hydrogen-bond acceptors (Lipinski definition) is 5. The Morgan fingerprint density at radius 1 is 1.33 bits per heavy atom. The zero-order valence-corrected chi connectivity index (χ0v) is 15.1. The molecule has 1 aliphatic rings. The summed E-state index contributed by atoms with van der Waals surface area (Å²) in [5.41, 5.74) is 0. The lowest BCUT2D eigenvalue weighted by Gasteiger charge is -2.21. The van der Waals surface area contributed by atoms with Crippen LogP contribution >= 0.6 is 11.6 Å². The van der Waals surface area contributed by atoms with Crippen LogP contribution < -0.4 is 10.1 Å². The van der Waals surface area contributed by atoms with Gasteiger partial charge in [-0.2, -0.15) is 0 Å². The van der Waals surface area contributed by atoms with Gasteiger partial charge in [0.05, 0.1) is 25.0 Å². The van der Waals surface area contributed by atoms with Gasteiger partial charge >= 0.3 is 0 Å². The predicted molar refractivity (Wildman–Crippen MR) is 90.7 cm³/mol. The van der Waals surface area contributed by atoms with Gasteiger partial charge in [-0.05, 0) is 24.3 Å². The Kier molecular flexibility index (Phi) is 6.45. The number of rotatable bonds is 7. The summed E-state index contributed by atoms with van der Waals surface area (Å²) < 4.78 is 35.8. The van der Waals surface area contributed by atoms with Crippen molar-refractivity contribution in [1.82, 2.24) is 9.62 Å². The van der Waals surface area contributed by atoms with E-state index < -0.39 is 10.0 Å². The standard InChI is InChI=1S/C15H21ClN2O5S/c1-18(2)24(20,21)10-11-7-22-8-14(11)17-15(19)9-23-13-5-3-12(16)4-6-13/h3-6,11,14H,7-10H2,1-2H3,(H,17,19)/t11-,14-/m0/s1. The highest BCUT2D eigenvalue weighted by Gasteiger charge is 2.34. The first-order valence-electron chi connectivity index (χ1n) is 7.43. The van der Waals surface area contributed by atoms with Crippen molar-refractivity contribution in [2.75, 3.05) is 39.7 Å². The van der Waals surface area contributed by atoms with Crippen molar-refractivity contribution in [2.24, 2.45) is 5.92 Å². The van der Waals surface area contributed by atoms with Crippen LogP contribution in [-0.4, -0.2) is 64.3 Å². The third kappa shape index (κ3) is 5.34. The zero-order chi connectivity index (χ0) is 17.7. The molecule has 0 spiro atoms. The maximum atomic E-state index is 12.0. The quantitative estimate of drug-likeness (QED) is 0.758. The van der Waals surface area contributed by atoms with Crippen LogP contribution in [-0.2, 0) is 19.6 Å². The lowest BCUT2D eigenvalue weighted by Crippen LogP contribution is -2.45. The molecule has 1 saturated heterocycles. The molecule has 134 valence electrons. The van der Waals surface area contributed by atoms with Gasteiger partial charge in [0.25, 0.3) is 5.91 Å². The minimum atomic E-state index is -3.35. The van der Waals surface area contributed by atoms with E-state index in [-0.39, 0.29) is 30.2 Å². The molecule has 0 aromatic heterocycles. The number of benzene rings is 1. The van der Waals surface area contributed by atoms with Crippen molar-refractivity contribution in [2.45, 2.75) is 6.04 Å².